The van der Waals surface area contributed by atoms with Crippen LogP contribution < -0.4 is 5.32 Å². The molecule has 2 fully saturated rings. The van der Waals surface area contributed by atoms with E-state index < -0.39 is 0 Å². The molecular weight excluding hydrogens is 236 g/mol. The lowest BCUT2D eigenvalue weighted by Crippen LogP contribution is -2.16. The number of hydrogen-bond donors (Lipinski definition) is 1. The molecule has 0 aliphatic carbocycles. The topological polar surface area (TPSA) is 43.4 Å². The van der Waals surface area contributed by atoms with Crippen molar-refractivity contribution in [3.8, 4) is 0 Å². The summed E-state index contributed by atoms with van der Waals surface area (Å²) in [6.45, 7) is 2.65. The summed E-state index contributed by atoms with van der Waals surface area (Å²) in [6, 6.07) is 0.368. The quantitative estimate of drug-likeness (QED) is 0.891. The molecule has 2 aliphatic rings. The van der Waals surface area contributed by atoms with E-state index in [1.165, 1.54) is 10.7 Å². The second-order valence-electron chi connectivity index (χ2n) is 4.73. The normalized spacial score (nSPS) is 33.4. The van der Waals surface area contributed by atoms with Crippen LogP contribution in [0.1, 0.15) is 35.5 Å². The summed E-state index contributed by atoms with van der Waals surface area (Å²) in [5, 5.41) is 6.89. The van der Waals surface area contributed by atoms with Gasteiger partial charge in [0.2, 0.25) is 0 Å². The summed E-state index contributed by atoms with van der Waals surface area (Å²) in [6.07, 6.45) is 2.48. The van der Waals surface area contributed by atoms with Crippen molar-refractivity contribution in [2.75, 3.05) is 26.9 Å². The monoisotopic (exact) mass is 254 g/mol. The molecule has 3 atom stereocenters. The molecule has 17 heavy (non-hydrogen) atoms. The number of hydrogen-bond acceptors (Lipinski definition) is 5. The molecule has 0 amide bonds. The first kappa shape index (κ1) is 11.6. The molecule has 2 aliphatic heterocycles. The minimum absolute atomic E-state index is 0.333. The lowest BCUT2D eigenvalue weighted by Gasteiger charge is -2.07. The second kappa shape index (κ2) is 5.02. The Morgan fingerprint density at radius 3 is 3.24 bits per heavy atom. The molecule has 2 saturated heterocycles. The Bertz CT molecular complexity index is 376. The molecule has 1 aromatic rings. The maximum atomic E-state index is 5.41. The van der Waals surface area contributed by atoms with Crippen LogP contribution in [0.4, 0.5) is 0 Å². The van der Waals surface area contributed by atoms with E-state index in [9.17, 15) is 0 Å². The third-order valence-electron chi connectivity index (χ3n) is 3.60. The molecule has 0 spiro atoms. The smallest absolute Gasteiger partial charge is 0.0983 e. The van der Waals surface area contributed by atoms with Crippen molar-refractivity contribution in [2.45, 2.75) is 30.9 Å². The lowest BCUT2D eigenvalue weighted by atomic mass is 10.1. The van der Waals surface area contributed by atoms with Crippen LogP contribution in [-0.2, 0) is 9.47 Å². The van der Waals surface area contributed by atoms with E-state index in [1.807, 2.05) is 0 Å². The number of thiazole rings is 1. The zero-order valence-corrected chi connectivity index (χ0v) is 10.8. The van der Waals surface area contributed by atoms with E-state index in [4.69, 9.17) is 14.5 Å². The Hall–Kier alpha value is -0.490. The molecule has 1 N–H and O–H groups in total. The first-order valence-corrected chi connectivity index (χ1v) is 7.04. The van der Waals surface area contributed by atoms with Crippen molar-refractivity contribution >= 4 is 11.3 Å². The summed E-state index contributed by atoms with van der Waals surface area (Å²) in [5.74, 6) is 0.522. The Labute approximate surface area is 105 Å². The number of nitrogens with zero attached hydrogens (tertiary/aromatic N) is 1. The highest BCUT2D eigenvalue weighted by Gasteiger charge is 2.28. The zero-order valence-electron chi connectivity index (χ0n) is 10.0. The van der Waals surface area contributed by atoms with E-state index in [0.29, 0.717) is 18.1 Å². The summed E-state index contributed by atoms with van der Waals surface area (Å²) in [4.78, 5) is 4.76. The molecule has 3 unspecified atom stereocenters. The van der Waals surface area contributed by atoms with Gasteiger partial charge in [-0.1, -0.05) is 0 Å². The molecule has 0 saturated carbocycles. The fourth-order valence-corrected chi connectivity index (χ4v) is 3.48. The first-order valence-electron chi connectivity index (χ1n) is 6.16. The molecular formula is C12H18N2O2S. The standard InChI is InChI=1S/C12H18N2O2S/c1-15-9-4-10(13-5-9)11-7-17-12(14-11)8-2-3-16-6-8/h7-10,13H,2-6H2,1H3. The number of ether oxygens (including phenoxy) is 2. The van der Waals surface area contributed by atoms with Crippen molar-refractivity contribution in [2.24, 2.45) is 0 Å². The Morgan fingerprint density at radius 1 is 1.59 bits per heavy atom. The van der Waals surface area contributed by atoms with Gasteiger partial charge >= 0.3 is 0 Å². The van der Waals surface area contributed by atoms with Gasteiger partial charge in [0.1, 0.15) is 0 Å². The van der Waals surface area contributed by atoms with Gasteiger partial charge in [0, 0.05) is 31.6 Å². The van der Waals surface area contributed by atoms with E-state index in [-0.39, 0.29) is 0 Å². The van der Waals surface area contributed by atoms with E-state index >= 15 is 0 Å². The fourth-order valence-electron chi connectivity index (χ4n) is 2.49. The maximum Gasteiger partial charge on any atom is 0.0983 e. The van der Waals surface area contributed by atoms with E-state index in [1.54, 1.807) is 18.4 Å². The lowest BCUT2D eigenvalue weighted by molar-refractivity contribution is 0.117. The minimum Gasteiger partial charge on any atom is -0.381 e. The summed E-state index contributed by atoms with van der Waals surface area (Å²) in [5.41, 5.74) is 1.18. The molecule has 4 nitrogen and oxygen atoms in total. The van der Waals surface area contributed by atoms with Crippen LogP contribution in [0, 0.1) is 0 Å². The fraction of sp³-hybridized carbons (Fsp3) is 0.750. The summed E-state index contributed by atoms with van der Waals surface area (Å²) < 4.78 is 10.8. The van der Waals surface area contributed by atoms with Gasteiger partial charge < -0.3 is 14.8 Å². The molecule has 1 aromatic heterocycles. The third-order valence-corrected chi connectivity index (χ3v) is 4.62. The van der Waals surface area contributed by atoms with Crippen LogP contribution in [-0.4, -0.2) is 38.0 Å². The third kappa shape index (κ3) is 2.38. The van der Waals surface area contributed by atoms with Gasteiger partial charge in [-0.15, -0.1) is 11.3 Å². The molecule has 3 rings (SSSR count). The van der Waals surface area contributed by atoms with Gasteiger partial charge in [-0.3, -0.25) is 0 Å². The van der Waals surface area contributed by atoms with Crippen LogP contribution >= 0.6 is 11.3 Å². The van der Waals surface area contributed by atoms with E-state index in [2.05, 4.69) is 10.7 Å². The average molecular weight is 254 g/mol. The molecule has 0 bridgehead atoms. The zero-order chi connectivity index (χ0) is 11.7. The van der Waals surface area contributed by atoms with Crippen molar-refractivity contribution in [1.29, 1.82) is 0 Å². The Kier molecular flexibility index (Phi) is 3.42. The predicted molar refractivity (Wildman–Crippen MR) is 66.4 cm³/mol. The number of rotatable bonds is 3. The highest BCUT2D eigenvalue weighted by molar-refractivity contribution is 7.09. The number of aromatic nitrogens is 1. The van der Waals surface area contributed by atoms with Crippen LogP contribution in [0.15, 0.2) is 5.38 Å². The molecule has 3 heterocycles. The first-order chi connectivity index (χ1) is 8.36. The van der Waals surface area contributed by atoms with Crippen molar-refractivity contribution in [1.82, 2.24) is 10.3 Å². The molecule has 94 valence electrons. The van der Waals surface area contributed by atoms with Crippen molar-refractivity contribution in [3.63, 3.8) is 0 Å². The summed E-state index contributed by atoms with van der Waals surface area (Å²) >= 11 is 1.77. The van der Waals surface area contributed by atoms with Crippen LogP contribution in [0.25, 0.3) is 0 Å². The van der Waals surface area contributed by atoms with Crippen LogP contribution in [0.5, 0.6) is 0 Å². The maximum absolute atomic E-state index is 5.41. The highest BCUT2D eigenvalue weighted by Crippen LogP contribution is 2.31. The SMILES string of the molecule is COC1CNC(c2csc(C3CCOC3)n2)C1. The predicted octanol–water partition coefficient (Wildman–Crippen LogP) is 1.70. The van der Waals surface area contributed by atoms with Crippen molar-refractivity contribution < 1.29 is 9.47 Å². The Morgan fingerprint density at radius 2 is 2.53 bits per heavy atom. The van der Waals surface area contributed by atoms with E-state index in [0.717, 1.165) is 32.6 Å². The Balaban J connectivity index is 1.68. The number of nitrogens with one attached hydrogen (secondary N) is 1. The molecule has 5 heteroatoms. The van der Waals surface area contributed by atoms with Gasteiger partial charge in [0.05, 0.1) is 29.5 Å². The van der Waals surface area contributed by atoms with Crippen LogP contribution in [0.3, 0.4) is 0 Å². The largest absolute Gasteiger partial charge is 0.381 e. The van der Waals surface area contributed by atoms with Crippen LogP contribution in [0.2, 0.25) is 0 Å². The second-order valence-corrected chi connectivity index (χ2v) is 5.62. The molecule has 0 aromatic carbocycles. The average Bonchev–Trinajstić information content (AvgIpc) is 3.09. The van der Waals surface area contributed by atoms with Gasteiger partial charge in [0.25, 0.3) is 0 Å². The van der Waals surface area contributed by atoms with Gasteiger partial charge in [-0.2, -0.15) is 0 Å². The molecule has 0 radical (unpaired) electrons. The minimum atomic E-state index is 0.333. The van der Waals surface area contributed by atoms with Gasteiger partial charge in [0.15, 0.2) is 0 Å². The summed E-state index contributed by atoms with van der Waals surface area (Å²) in [7, 11) is 1.77. The van der Waals surface area contributed by atoms with Crippen molar-refractivity contribution in [3.05, 3.63) is 16.1 Å². The van der Waals surface area contributed by atoms with Gasteiger partial charge in [-0.25, -0.2) is 4.98 Å². The van der Waals surface area contributed by atoms with Gasteiger partial charge in [-0.05, 0) is 12.8 Å². The highest BCUT2D eigenvalue weighted by atomic mass is 32.1. The number of methoxy groups -OCH3 is 1.